The van der Waals surface area contributed by atoms with Crippen LogP contribution in [-0.2, 0) is 0 Å². The molecule has 1 heterocycles. The van der Waals surface area contributed by atoms with Crippen molar-refractivity contribution in [2.75, 3.05) is 32.7 Å². The summed E-state index contributed by atoms with van der Waals surface area (Å²) in [4.78, 5) is 15.4. The first-order valence-corrected chi connectivity index (χ1v) is 9.10. The number of urea groups is 1. The third-order valence-corrected chi connectivity index (χ3v) is 5.05. The summed E-state index contributed by atoms with van der Waals surface area (Å²) in [6.07, 6.45) is 2.27. The van der Waals surface area contributed by atoms with Crippen LogP contribution in [-0.4, -0.2) is 48.6 Å². The largest absolute Gasteiger partial charge is 0.351 e. The second-order valence-corrected chi connectivity index (χ2v) is 6.68. The first kappa shape index (κ1) is 17.5. The van der Waals surface area contributed by atoms with E-state index in [4.69, 9.17) is 5.73 Å². The fraction of sp³-hybridized carbons (Fsp3) is 0.381. The molecule has 0 aromatic heterocycles. The van der Waals surface area contributed by atoms with Gasteiger partial charge in [0.25, 0.3) is 0 Å². The van der Waals surface area contributed by atoms with Crippen LogP contribution < -0.4 is 5.73 Å². The Kier molecular flexibility index (Phi) is 6.07. The van der Waals surface area contributed by atoms with E-state index in [1.165, 1.54) is 11.1 Å². The lowest BCUT2D eigenvalue weighted by Crippen LogP contribution is -2.50. The van der Waals surface area contributed by atoms with Crippen LogP contribution in [0.2, 0.25) is 0 Å². The van der Waals surface area contributed by atoms with Gasteiger partial charge in [0.15, 0.2) is 0 Å². The predicted octanol–water partition coefficient (Wildman–Crippen LogP) is 3.30. The first-order chi connectivity index (χ1) is 12.2. The molecule has 4 nitrogen and oxygen atoms in total. The highest BCUT2D eigenvalue weighted by molar-refractivity contribution is 5.72. The van der Waals surface area contributed by atoms with Crippen molar-refractivity contribution in [1.82, 2.24) is 9.80 Å². The number of amides is 2. The number of nitrogens with zero attached hydrogens (tertiary/aromatic N) is 2. The molecule has 0 aliphatic carbocycles. The Morgan fingerprint density at radius 3 is 1.88 bits per heavy atom. The van der Waals surface area contributed by atoms with Crippen molar-refractivity contribution in [3.8, 4) is 0 Å². The number of rotatable bonds is 6. The van der Waals surface area contributed by atoms with Gasteiger partial charge in [0.1, 0.15) is 0 Å². The molecule has 1 aliphatic rings. The Morgan fingerprint density at radius 1 is 0.880 bits per heavy atom. The minimum absolute atomic E-state index is 0.298. The van der Waals surface area contributed by atoms with E-state index in [9.17, 15) is 4.79 Å². The first-order valence-electron chi connectivity index (χ1n) is 9.10. The lowest BCUT2D eigenvalue weighted by molar-refractivity contribution is 0.143. The van der Waals surface area contributed by atoms with E-state index < -0.39 is 0 Å². The molecule has 0 unspecified atom stereocenters. The van der Waals surface area contributed by atoms with Gasteiger partial charge >= 0.3 is 6.03 Å². The van der Waals surface area contributed by atoms with Crippen LogP contribution in [0.25, 0.3) is 0 Å². The molecular weight excluding hydrogens is 310 g/mol. The van der Waals surface area contributed by atoms with Gasteiger partial charge in [-0.3, -0.25) is 4.90 Å². The third kappa shape index (κ3) is 4.83. The average Bonchev–Trinajstić information content (AvgIpc) is 2.67. The maximum absolute atomic E-state index is 11.2. The van der Waals surface area contributed by atoms with Crippen molar-refractivity contribution in [3.63, 3.8) is 0 Å². The molecule has 0 radical (unpaired) electrons. The Balaban J connectivity index is 1.56. The zero-order chi connectivity index (χ0) is 17.5. The van der Waals surface area contributed by atoms with Crippen molar-refractivity contribution in [2.24, 2.45) is 5.73 Å². The monoisotopic (exact) mass is 337 g/mol. The molecule has 2 aromatic carbocycles. The minimum Gasteiger partial charge on any atom is -0.351 e. The lowest BCUT2D eigenvalue weighted by atomic mass is 9.87. The standard InChI is InChI=1S/C21H27N3O/c22-21(25)24-16-14-23(15-17-24)13-7-12-20(18-8-3-1-4-9-18)19-10-5-2-6-11-19/h1-6,8-11,20H,7,12-17H2,(H2,22,25). The van der Waals surface area contributed by atoms with Crippen molar-refractivity contribution < 1.29 is 4.79 Å². The van der Waals surface area contributed by atoms with E-state index in [0.717, 1.165) is 45.6 Å². The van der Waals surface area contributed by atoms with E-state index in [-0.39, 0.29) is 6.03 Å². The Morgan fingerprint density at radius 2 is 1.40 bits per heavy atom. The topological polar surface area (TPSA) is 49.6 Å². The average molecular weight is 337 g/mol. The van der Waals surface area contributed by atoms with Crippen LogP contribution in [0.4, 0.5) is 4.79 Å². The number of benzene rings is 2. The van der Waals surface area contributed by atoms with E-state index in [2.05, 4.69) is 65.6 Å². The van der Waals surface area contributed by atoms with Gasteiger partial charge in [-0.15, -0.1) is 0 Å². The van der Waals surface area contributed by atoms with Crippen LogP contribution >= 0.6 is 0 Å². The quantitative estimate of drug-likeness (QED) is 0.879. The molecule has 25 heavy (non-hydrogen) atoms. The van der Waals surface area contributed by atoms with Crippen molar-refractivity contribution in [3.05, 3.63) is 71.8 Å². The highest BCUT2D eigenvalue weighted by atomic mass is 16.2. The normalized spacial score (nSPS) is 15.5. The second-order valence-electron chi connectivity index (χ2n) is 6.68. The van der Waals surface area contributed by atoms with E-state index >= 15 is 0 Å². The van der Waals surface area contributed by atoms with Gasteiger partial charge in [-0.1, -0.05) is 60.7 Å². The maximum Gasteiger partial charge on any atom is 0.314 e. The summed E-state index contributed by atoms with van der Waals surface area (Å²) in [5, 5.41) is 0. The van der Waals surface area contributed by atoms with Crippen LogP contribution in [0.3, 0.4) is 0 Å². The smallest absolute Gasteiger partial charge is 0.314 e. The molecule has 0 bridgehead atoms. The molecule has 132 valence electrons. The molecule has 1 aliphatic heterocycles. The van der Waals surface area contributed by atoms with Gasteiger partial charge in [-0.25, -0.2) is 4.79 Å². The number of carbonyl (C=O) groups is 1. The molecule has 0 saturated carbocycles. The van der Waals surface area contributed by atoms with Gasteiger partial charge < -0.3 is 10.6 Å². The highest BCUT2D eigenvalue weighted by Gasteiger charge is 2.19. The summed E-state index contributed by atoms with van der Waals surface area (Å²) in [6.45, 7) is 4.41. The number of nitrogens with two attached hydrogens (primary N) is 1. The molecule has 0 atom stereocenters. The molecule has 1 fully saturated rings. The zero-order valence-corrected chi connectivity index (χ0v) is 14.7. The minimum atomic E-state index is -0.298. The van der Waals surface area contributed by atoms with Gasteiger partial charge in [0, 0.05) is 32.1 Å². The van der Waals surface area contributed by atoms with Crippen LogP contribution in [0.1, 0.15) is 29.9 Å². The summed E-state index contributed by atoms with van der Waals surface area (Å²) in [5.41, 5.74) is 8.11. The Bertz CT molecular complexity index is 612. The number of hydrogen-bond donors (Lipinski definition) is 1. The molecule has 4 heteroatoms. The number of piperazine rings is 1. The molecule has 3 rings (SSSR count). The van der Waals surface area contributed by atoms with E-state index in [1.807, 2.05) is 0 Å². The summed E-state index contributed by atoms with van der Waals surface area (Å²) in [6, 6.07) is 21.2. The molecule has 2 aromatic rings. The second kappa shape index (κ2) is 8.67. The van der Waals surface area contributed by atoms with Crippen LogP contribution in [0, 0.1) is 0 Å². The van der Waals surface area contributed by atoms with Crippen LogP contribution in [0.15, 0.2) is 60.7 Å². The number of hydrogen-bond acceptors (Lipinski definition) is 2. The van der Waals surface area contributed by atoms with E-state index in [0.29, 0.717) is 5.92 Å². The number of primary amides is 1. The summed E-state index contributed by atoms with van der Waals surface area (Å²) >= 11 is 0. The van der Waals surface area contributed by atoms with Crippen molar-refractivity contribution in [2.45, 2.75) is 18.8 Å². The predicted molar refractivity (Wildman–Crippen MR) is 102 cm³/mol. The van der Waals surface area contributed by atoms with Gasteiger partial charge in [0.2, 0.25) is 0 Å². The van der Waals surface area contributed by atoms with Gasteiger partial charge in [-0.05, 0) is 30.5 Å². The zero-order valence-electron chi connectivity index (χ0n) is 14.7. The van der Waals surface area contributed by atoms with Gasteiger partial charge in [0.05, 0.1) is 0 Å². The molecule has 1 saturated heterocycles. The maximum atomic E-state index is 11.2. The van der Waals surface area contributed by atoms with Gasteiger partial charge in [-0.2, -0.15) is 0 Å². The van der Waals surface area contributed by atoms with Crippen molar-refractivity contribution in [1.29, 1.82) is 0 Å². The SMILES string of the molecule is NC(=O)N1CCN(CCCC(c2ccccc2)c2ccccc2)CC1. The molecule has 0 spiro atoms. The van der Waals surface area contributed by atoms with Crippen LogP contribution in [0.5, 0.6) is 0 Å². The fourth-order valence-electron chi connectivity index (χ4n) is 3.61. The fourth-order valence-corrected chi connectivity index (χ4v) is 3.61. The molecular formula is C21H27N3O. The lowest BCUT2D eigenvalue weighted by Gasteiger charge is -2.34. The summed E-state index contributed by atoms with van der Waals surface area (Å²) < 4.78 is 0. The van der Waals surface area contributed by atoms with E-state index in [1.54, 1.807) is 4.90 Å². The summed E-state index contributed by atoms with van der Waals surface area (Å²) in [7, 11) is 0. The molecule has 2 amide bonds. The van der Waals surface area contributed by atoms with Crippen molar-refractivity contribution >= 4 is 6.03 Å². The summed E-state index contributed by atoms with van der Waals surface area (Å²) in [5.74, 6) is 0.439. The Hall–Kier alpha value is -2.33. The highest BCUT2D eigenvalue weighted by Crippen LogP contribution is 2.29. The Labute approximate surface area is 150 Å². The third-order valence-electron chi connectivity index (χ3n) is 5.05. The molecule has 2 N–H and O–H groups in total. The number of carbonyl (C=O) groups excluding carboxylic acids is 1.